The van der Waals surface area contributed by atoms with Gasteiger partial charge in [0.15, 0.2) is 15.6 Å². The van der Waals surface area contributed by atoms with Crippen molar-refractivity contribution in [2.24, 2.45) is 0 Å². The molecule has 0 amide bonds. The number of fused-ring (bicyclic) bond motifs is 1. The first kappa shape index (κ1) is 16.5. The van der Waals surface area contributed by atoms with E-state index in [1.54, 1.807) is 49.4 Å². The molecular formula is C19H18O4S. The molecule has 0 aliphatic heterocycles. The number of rotatable bonds is 4. The smallest absolute Gasteiger partial charge is 0.182 e. The van der Waals surface area contributed by atoms with Crippen LogP contribution in [0.2, 0.25) is 0 Å². The molecule has 0 saturated heterocycles. The van der Waals surface area contributed by atoms with Crippen LogP contribution < -0.4 is 0 Å². The van der Waals surface area contributed by atoms with Gasteiger partial charge >= 0.3 is 0 Å². The van der Waals surface area contributed by atoms with E-state index in [-0.39, 0.29) is 11.5 Å². The Hall–Kier alpha value is -2.40. The summed E-state index contributed by atoms with van der Waals surface area (Å²) in [6, 6.07) is 12.0. The number of carbonyl (C=O) groups is 1. The molecule has 0 radical (unpaired) electrons. The molecule has 124 valence electrons. The number of sulfone groups is 1. The second kappa shape index (κ2) is 5.91. The fourth-order valence-electron chi connectivity index (χ4n) is 2.84. The van der Waals surface area contributed by atoms with Crippen LogP contribution in [-0.4, -0.2) is 14.2 Å². The Morgan fingerprint density at radius 3 is 2.33 bits per heavy atom. The van der Waals surface area contributed by atoms with Gasteiger partial charge in [-0.15, -0.1) is 0 Å². The normalized spacial score (nSPS) is 11.8. The zero-order valence-corrected chi connectivity index (χ0v) is 14.6. The zero-order valence-electron chi connectivity index (χ0n) is 13.8. The summed E-state index contributed by atoms with van der Waals surface area (Å²) in [5.74, 6) is 0.342. The number of benzene rings is 2. The highest BCUT2D eigenvalue weighted by atomic mass is 32.2. The highest BCUT2D eigenvalue weighted by molar-refractivity contribution is 7.90. The van der Waals surface area contributed by atoms with Gasteiger partial charge in [-0.05, 0) is 50.6 Å². The van der Waals surface area contributed by atoms with Crippen molar-refractivity contribution < 1.29 is 17.6 Å². The topological polar surface area (TPSA) is 64.3 Å². The van der Waals surface area contributed by atoms with Gasteiger partial charge in [0.05, 0.1) is 16.2 Å². The Kier molecular flexibility index (Phi) is 4.05. The summed E-state index contributed by atoms with van der Waals surface area (Å²) in [5, 5.41) is 0.664. The largest absolute Gasteiger partial charge is 0.461 e. The van der Waals surface area contributed by atoms with Crippen molar-refractivity contribution in [2.75, 3.05) is 0 Å². The van der Waals surface area contributed by atoms with Crippen LogP contribution in [0.1, 0.15) is 34.2 Å². The molecule has 4 nitrogen and oxygen atoms in total. The van der Waals surface area contributed by atoms with Crippen LogP contribution in [0.25, 0.3) is 11.0 Å². The average molecular weight is 342 g/mol. The number of hydrogen-bond acceptors (Lipinski definition) is 4. The van der Waals surface area contributed by atoms with Crippen molar-refractivity contribution in [3.8, 4) is 0 Å². The lowest BCUT2D eigenvalue weighted by molar-refractivity contribution is 0.101. The Balaban J connectivity index is 2.02. The van der Waals surface area contributed by atoms with Crippen LogP contribution in [0.15, 0.2) is 51.8 Å². The van der Waals surface area contributed by atoms with Gasteiger partial charge in [-0.1, -0.05) is 23.8 Å². The number of furan rings is 1. The third-order valence-electron chi connectivity index (χ3n) is 4.02. The average Bonchev–Trinajstić information content (AvgIpc) is 2.82. The Morgan fingerprint density at radius 2 is 1.71 bits per heavy atom. The van der Waals surface area contributed by atoms with Crippen molar-refractivity contribution >= 4 is 26.6 Å². The molecule has 0 aliphatic rings. The van der Waals surface area contributed by atoms with E-state index < -0.39 is 9.84 Å². The maximum atomic E-state index is 12.6. The predicted octanol–water partition coefficient (Wildman–Crippen LogP) is 4.23. The molecule has 0 atom stereocenters. The van der Waals surface area contributed by atoms with Gasteiger partial charge in [0.1, 0.15) is 11.3 Å². The molecule has 0 N–H and O–H groups in total. The minimum atomic E-state index is -3.44. The van der Waals surface area contributed by atoms with E-state index in [0.29, 0.717) is 32.8 Å². The highest BCUT2D eigenvalue weighted by Crippen LogP contribution is 2.28. The molecule has 3 aromatic rings. The molecular weight excluding hydrogens is 324 g/mol. The summed E-state index contributed by atoms with van der Waals surface area (Å²) >= 11 is 0. The summed E-state index contributed by atoms with van der Waals surface area (Å²) in [5.41, 5.74) is 2.75. The molecule has 2 aromatic carbocycles. The first-order valence-corrected chi connectivity index (χ1v) is 9.25. The van der Waals surface area contributed by atoms with E-state index >= 15 is 0 Å². The minimum absolute atomic E-state index is 0.0928. The lowest BCUT2D eigenvalue weighted by Crippen LogP contribution is -2.05. The van der Waals surface area contributed by atoms with Crippen LogP contribution in [0.3, 0.4) is 0 Å². The van der Waals surface area contributed by atoms with Crippen molar-refractivity contribution in [3.63, 3.8) is 0 Å². The number of hydrogen-bond donors (Lipinski definition) is 0. The van der Waals surface area contributed by atoms with Gasteiger partial charge in [-0.2, -0.15) is 0 Å². The fourth-order valence-corrected chi connectivity index (χ4v) is 4.18. The summed E-state index contributed by atoms with van der Waals surface area (Å²) in [7, 11) is -3.44. The third kappa shape index (κ3) is 2.99. The number of aryl methyl sites for hydroxylation is 2. The lowest BCUT2D eigenvalue weighted by Gasteiger charge is -2.06. The van der Waals surface area contributed by atoms with Crippen LogP contribution in [0, 0.1) is 13.8 Å². The van der Waals surface area contributed by atoms with E-state index in [0.717, 1.165) is 5.56 Å². The van der Waals surface area contributed by atoms with E-state index in [4.69, 9.17) is 4.42 Å². The molecule has 0 aliphatic carbocycles. The number of Topliss-reactive ketones (excluding diaryl/α,β-unsaturated/α-hetero) is 1. The molecule has 0 spiro atoms. The monoisotopic (exact) mass is 342 g/mol. The van der Waals surface area contributed by atoms with Crippen molar-refractivity contribution in [1.82, 2.24) is 0 Å². The molecule has 0 bridgehead atoms. The Bertz CT molecular complexity index is 1030. The van der Waals surface area contributed by atoms with Crippen LogP contribution in [0.4, 0.5) is 0 Å². The molecule has 3 rings (SSSR count). The summed E-state index contributed by atoms with van der Waals surface area (Å²) in [6.07, 6.45) is 0. The van der Waals surface area contributed by atoms with Gasteiger partial charge in [0.25, 0.3) is 0 Å². The van der Waals surface area contributed by atoms with Crippen LogP contribution >= 0.6 is 0 Å². The van der Waals surface area contributed by atoms with Crippen molar-refractivity contribution in [2.45, 2.75) is 31.4 Å². The Labute approximate surface area is 141 Å². The van der Waals surface area contributed by atoms with E-state index in [1.165, 1.54) is 6.92 Å². The second-order valence-corrected chi connectivity index (χ2v) is 7.98. The number of carbonyl (C=O) groups excluding carboxylic acids is 1. The number of ketones is 1. The maximum Gasteiger partial charge on any atom is 0.182 e. The minimum Gasteiger partial charge on any atom is -0.461 e. The Morgan fingerprint density at radius 1 is 1.04 bits per heavy atom. The van der Waals surface area contributed by atoms with Crippen LogP contribution in [-0.2, 0) is 15.6 Å². The molecule has 0 unspecified atom stereocenters. The van der Waals surface area contributed by atoms with Crippen molar-refractivity contribution in [1.29, 1.82) is 0 Å². The molecule has 0 saturated carbocycles. The molecule has 5 heteroatoms. The van der Waals surface area contributed by atoms with Gasteiger partial charge in [0.2, 0.25) is 0 Å². The highest BCUT2D eigenvalue weighted by Gasteiger charge is 2.19. The van der Waals surface area contributed by atoms with E-state index in [2.05, 4.69) is 0 Å². The fraction of sp³-hybridized carbons (Fsp3) is 0.211. The van der Waals surface area contributed by atoms with Gasteiger partial charge in [0, 0.05) is 5.39 Å². The lowest BCUT2D eigenvalue weighted by atomic mass is 10.1. The summed E-state index contributed by atoms with van der Waals surface area (Å²) in [4.78, 5) is 12.1. The summed E-state index contributed by atoms with van der Waals surface area (Å²) < 4.78 is 30.7. The second-order valence-electron chi connectivity index (χ2n) is 5.99. The SMILES string of the molecule is CC(=O)c1c(C)oc2ccc(CS(=O)(=O)c3ccc(C)cc3)cc12. The van der Waals surface area contributed by atoms with E-state index in [9.17, 15) is 13.2 Å². The zero-order chi connectivity index (χ0) is 17.5. The molecule has 1 heterocycles. The standard InChI is InChI=1S/C19H18O4S/c1-12-4-7-16(8-5-12)24(21,22)11-15-6-9-18-17(10-15)19(13(2)20)14(3)23-18/h4-10H,11H2,1-3H3. The predicted molar refractivity (Wildman–Crippen MR) is 93.0 cm³/mol. The molecule has 24 heavy (non-hydrogen) atoms. The van der Waals surface area contributed by atoms with Gasteiger partial charge < -0.3 is 4.42 Å². The van der Waals surface area contributed by atoms with Gasteiger partial charge in [-0.25, -0.2) is 8.42 Å². The third-order valence-corrected chi connectivity index (χ3v) is 5.72. The molecule has 1 aromatic heterocycles. The maximum absolute atomic E-state index is 12.6. The first-order chi connectivity index (χ1) is 11.3. The molecule has 0 fully saturated rings. The first-order valence-electron chi connectivity index (χ1n) is 7.60. The van der Waals surface area contributed by atoms with Crippen LogP contribution in [0.5, 0.6) is 0 Å². The van der Waals surface area contributed by atoms with Crippen molar-refractivity contribution in [3.05, 3.63) is 64.9 Å². The van der Waals surface area contributed by atoms with E-state index in [1.807, 2.05) is 6.92 Å². The van der Waals surface area contributed by atoms with Gasteiger partial charge in [-0.3, -0.25) is 4.79 Å². The summed E-state index contributed by atoms with van der Waals surface area (Å²) in [6.45, 7) is 5.13. The quantitative estimate of drug-likeness (QED) is 0.666.